The number of halogens is 2. The summed E-state index contributed by atoms with van der Waals surface area (Å²) in [5, 5.41) is 26.3. The van der Waals surface area contributed by atoms with Crippen LogP contribution in [0.3, 0.4) is 0 Å². The Hall–Kier alpha value is -2.84. The zero-order valence-corrected chi connectivity index (χ0v) is 14.3. The maximum Gasteiger partial charge on any atom is 0.438 e. The maximum absolute atomic E-state index is 11.3. The standard InChI is InChI=1S/C15H11Cl2N5O3/c1-9-5-6-11(17)8-13(9)18-14-15(22(24)25)19-20(21(14)23)12-4-2-3-10(16)7-12/h2-8,23H,1H3. The van der Waals surface area contributed by atoms with Gasteiger partial charge in [0.15, 0.2) is 0 Å². The van der Waals surface area contributed by atoms with E-state index in [1.807, 2.05) is 0 Å². The predicted octanol–water partition coefficient (Wildman–Crippen LogP) is 3.67. The van der Waals surface area contributed by atoms with Crippen LogP contribution in [-0.4, -0.2) is 24.9 Å². The molecule has 0 fully saturated rings. The lowest BCUT2D eigenvalue weighted by molar-refractivity contribution is -0.391. The lowest BCUT2D eigenvalue weighted by Crippen LogP contribution is -2.22. The molecule has 3 aromatic rings. The van der Waals surface area contributed by atoms with Crippen LogP contribution in [0.15, 0.2) is 47.5 Å². The second kappa shape index (κ2) is 6.58. The van der Waals surface area contributed by atoms with Crippen LogP contribution in [0.25, 0.3) is 5.69 Å². The molecule has 0 aliphatic rings. The monoisotopic (exact) mass is 379 g/mol. The number of aryl methyl sites for hydroxylation is 1. The third-order valence-electron chi connectivity index (χ3n) is 3.37. The van der Waals surface area contributed by atoms with Gasteiger partial charge in [-0.3, -0.25) is 0 Å². The third kappa shape index (κ3) is 3.35. The Morgan fingerprint density at radius 3 is 2.60 bits per heavy atom. The highest BCUT2D eigenvalue weighted by molar-refractivity contribution is 6.31. The molecule has 0 saturated carbocycles. The average molecular weight is 380 g/mol. The second-order valence-electron chi connectivity index (χ2n) is 5.11. The minimum absolute atomic E-state index is 0.336. The summed E-state index contributed by atoms with van der Waals surface area (Å²) < 4.78 is 0. The summed E-state index contributed by atoms with van der Waals surface area (Å²) in [6.07, 6.45) is 0. The Labute approximate surface area is 151 Å². The van der Waals surface area contributed by atoms with Gasteiger partial charge in [0.05, 0.1) is 10.8 Å². The van der Waals surface area contributed by atoms with E-state index >= 15 is 0 Å². The Morgan fingerprint density at radius 1 is 1.20 bits per heavy atom. The zero-order chi connectivity index (χ0) is 18.1. The van der Waals surface area contributed by atoms with E-state index in [-0.39, 0.29) is 5.49 Å². The first-order valence-corrected chi connectivity index (χ1v) is 7.75. The van der Waals surface area contributed by atoms with Gasteiger partial charge in [-0.1, -0.05) is 40.2 Å². The molecule has 10 heteroatoms. The Balaban J connectivity index is 2.28. The van der Waals surface area contributed by atoms with E-state index in [1.54, 1.807) is 37.3 Å². The van der Waals surface area contributed by atoms with Crippen molar-refractivity contribution in [1.29, 1.82) is 0 Å². The summed E-state index contributed by atoms with van der Waals surface area (Å²) in [6.45, 7) is 1.77. The van der Waals surface area contributed by atoms with E-state index in [0.29, 0.717) is 26.3 Å². The normalized spacial score (nSPS) is 11.7. The zero-order valence-electron chi connectivity index (χ0n) is 12.8. The topological polar surface area (TPSA) is 98.5 Å². The fraction of sp³-hybridized carbons (Fsp3) is 0.0667. The van der Waals surface area contributed by atoms with Crippen LogP contribution < -0.4 is 5.49 Å². The van der Waals surface area contributed by atoms with E-state index in [1.165, 1.54) is 12.1 Å². The third-order valence-corrected chi connectivity index (χ3v) is 3.84. The molecule has 1 aromatic heterocycles. The summed E-state index contributed by atoms with van der Waals surface area (Å²) in [5.41, 5.74) is 1.11. The molecule has 0 saturated heterocycles. The van der Waals surface area contributed by atoms with Gasteiger partial charge in [0.2, 0.25) is 0 Å². The van der Waals surface area contributed by atoms with Crippen molar-refractivity contribution < 1.29 is 10.1 Å². The number of rotatable bonds is 3. The van der Waals surface area contributed by atoms with Gasteiger partial charge in [-0.2, -0.15) is 0 Å². The highest BCUT2D eigenvalue weighted by Gasteiger charge is 2.24. The molecule has 0 radical (unpaired) electrons. The smallest absolute Gasteiger partial charge is 0.409 e. The highest BCUT2D eigenvalue weighted by atomic mass is 35.5. The first-order valence-electron chi connectivity index (χ1n) is 6.99. The highest BCUT2D eigenvalue weighted by Crippen LogP contribution is 2.23. The molecule has 8 nitrogen and oxygen atoms in total. The fourth-order valence-electron chi connectivity index (χ4n) is 2.15. The van der Waals surface area contributed by atoms with Crippen LogP contribution in [0.4, 0.5) is 11.5 Å². The van der Waals surface area contributed by atoms with Gasteiger partial charge in [-0.15, -0.1) is 0 Å². The van der Waals surface area contributed by atoms with Gasteiger partial charge in [0, 0.05) is 10.0 Å². The Bertz CT molecular complexity index is 1040. The molecular formula is C15H11Cl2N5O3. The van der Waals surface area contributed by atoms with Crippen molar-refractivity contribution >= 4 is 34.7 Å². The molecule has 0 spiro atoms. The van der Waals surface area contributed by atoms with E-state index in [2.05, 4.69) is 10.1 Å². The molecule has 0 atom stereocenters. The number of nitro groups is 1. The summed E-state index contributed by atoms with van der Waals surface area (Å²) >= 11 is 11.9. The SMILES string of the molecule is Cc1ccc(Cl)cc1N=c1c([N+](=O)[O-])nn(-c2cccc(Cl)c2)n1O. The fourth-order valence-corrected chi connectivity index (χ4v) is 2.50. The molecule has 0 aliphatic carbocycles. The molecular weight excluding hydrogens is 369 g/mol. The minimum Gasteiger partial charge on any atom is -0.409 e. The lowest BCUT2D eigenvalue weighted by Gasteiger charge is -2.01. The van der Waals surface area contributed by atoms with E-state index in [0.717, 1.165) is 10.4 Å². The molecule has 0 bridgehead atoms. The summed E-state index contributed by atoms with van der Waals surface area (Å²) in [5.74, 6) is -0.609. The lowest BCUT2D eigenvalue weighted by atomic mass is 10.2. The van der Waals surface area contributed by atoms with Crippen LogP contribution in [0.1, 0.15) is 5.56 Å². The van der Waals surface area contributed by atoms with Gasteiger partial charge < -0.3 is 15.3 Å². The minimum atomic E-state index is -0.730. The van der Waals surface area contributed by atoms with E-state index in [9.17, 15) is 15.3 Å². The van der Waals surface area contributed by atoms with Crippen molar-refractivity contribution in [1.82, 2.24) is 14.7 Å². The second-order valence-corrected chi connectivity index (χ2v) is 5.98. The van der Waals surface area contributed by atoms with Crippen molar-refractivity contribution in [2.24, 2.45) is 4.99 Å². The van der Waals surface area contributed by atoms with E-state index in [4.69, 9.17) is 23.2 Å². The van der Waals surface area contributed by atoms with Gasteiger partial charge in [-0.05, 0) is 52.5 Å². The van der Waals surface area contributed by atoms with Gasteiger partial charge in [-0.25, -0.2) is 4.99 Å². The first-order chi connectivity index (χ1) is 11.9. The number of hydrogen-bond acceptors (Lipinski definition) is 5. The molecule has 3 rings (SSSR count). The molecule has 2 aromatic carbocycles. The van der Waals surface area contributed by atoms with Crippen molar-refractivity contribution in [3.8, 4) is 5.69 Å². The van der Waals surface area contributed by atoms with Crippen molar-refractivity contribution in [2.75, 3.05) is 0 Å². The molecule has 1 N–H and O–H groups in total. The molecule has 128 valence electrons. The Morgan fingerprint density at radius 2 is 1.92 bits per heavy atom. The molecule has 1 heterocycles. The molecule has 25 heavy (non-hydrogen) atoms. The summed E-state index contributed by atoms with van der Waals surface area (Å²) in [7, 11) is 0. The predicted molar refractivity (Wildman–Crippen MR) is 91.8 cm³/mol. The van der Waals surface area contributed by atoms with E-state index < -0.39 is 10.7 Å². The largest absolute Gasteiger partial charge is 0.438 e. The number of hydrogen-bond donors (Lipinski definition) is 1. The maximum atomic E-state index is 11.3. The molecule has 0 aliphatic heterocycles. The van der Waals surface area contributed by atoms with Crippen LogP contribution in [-0.2, 0) is 0 Å². The van der Waals surface area contributed by atoms with Gasteiger partial charge >= 0.3 is 5.82 Å². The van der Waals surface area contributed by atoms with Gasteiger partial charge in [0.25, 0.3) is 5.49 Å². The summed E-state index contributed by atoms with van der Waals surface area (Å²) in [6, 6.07) is 11.3. The van der Waals surface area contributed by atoms with Crippen LogP contribution in [0.2, 0.25) is 10.0 Å². The van der Waals surface area contributed by atoms with Crippen LogP contribution in [0.5, 0.6) is 0 Å². The molecule has 0 amide bonds. The summed E-state index contributed by atoms with van der Waals surface area (Å²) in [4.78, 5) is 16.2. The average Bonchev–Trinajstić information content (AvgIpc) is 2.88. The van der Waals surface area contributed by atoms with Crippen molar-refractivity contribution in [3.05, 3.63) is 73.7 Å². The van der Waals surface area contributed by atoms with Crippen LogP contribution >= 0.6 is 23.2 Å². The number of benzene rings is 2. The number of aromatic nitrogens is 3. The Kier molecular flexibility index (Phi) is 4.47. The van der Waals surface area contributed by atoms with Crippen molar-refractivity contribution in [2.45, 2.75) is 6.92 Å². The molecule has 0 unspecified atom stereocenters. The first kappa shape index (κ1) is 17.0. The van der Waals surface area contributed by atoms with Crippen LogP contribution in [0, 0.1) is 17.0 Å². The van der Waals surface area contributed by atoms with Gasteiger partial charge in [0.1, 0.15) is 5.69 Å². The number of nitrogens with zero attached hydrogens (tertiary/aromatic N) is 5. The quantitative estimate of drug-likeness (QED) is 0.426. The van der Waals surface area contributed by atoms with Crippen molar-refractivity contribution in [3.63, 3.8) is 0 Å².